The van der Waals surface area contributed by atoms with E-state index in [2.05, 4.69) is 16.3 Å². The Morgan fingerprint density at radius 2 is 1.79 bits per heavy atom. The zero-order chi connectivity index (χ0) is 29.7. The van der Waals surface area contributed by atoms with Crippen LogP contribution in [0, 0.1) is 5.41 Å². The highest BCUT2D eigenvalue weighted by atomic mass is 16.5. The van der Waals surface area contributed by atoms with Gasteiger partial charge in [-0.05, 0) is 106 Å². The van der Waals surface area contributed by atoms with E-state index >= 15 is 0 Å². The first-order valence-electron chi connectivity index (χ1n) is 15.2. The molecule has 1 saturated carbocycles. The minimum Gasteiger partial charge on any atom is -0.494 e. The molecule has 1 spiro atoms. The molecule has 2 saturated heterocycles. The second kappa shape index (κ2) is 13.3. The SMILES string of the molecule is CCOCCNC(=O)c1ccc(N2CC3(CCN(Cc4cc(C5CC5)c(C(=O)OC)cc4OCC)CC3)CC2=O)cc1. The van der Waals surface area contributed by atoms with Crippen LogP contribution in [-0.2, 0) is 20.8 Å². The van der Waals surface area contributed by atoms with Crippen LogP contribution in [0.1, 0.15) is 83.7 Å². The third kappa shape index (κ3) is 6.79. The summed E-state index contributed by atoms with van der Waals surface area (Å²) in [6, 6.07) is 11.3. The van der Waals surface area contributed by atoms with Crippen molar-refractivity contribution in [3.8, 4) is 5.75 Å². The van der Waals surface area contributed by atoms with Crippen molar-refractivity contribution in [3.05, 3.63) is 58.7 Å². The van der Waals surface area contributed by atoms with Crippen molar-refractivity contribution in [1.82, 2.24) is 10.2 Å². The maximum Gasteiger partial charge on any atom is 0.338 e. The molecule has 1 aliphatic carbocycles. The topological polar surface area (TPSA) is 97.4 Å². The fraction of sp³-hybridized carbons (Fsp3) is 0.545. The van der Waals surface area contributed by atoms with Crippen LogP contribution in [0.25, 0.3) is 0 Å². The summed E-state index contributed by atoms with van der Waals surface area (Å²) in [7, 11) is 1.42. The van der Waals surface area contributed by atoms with Crippen LogP contribution in [0.15, 0.2) is 36.4 Å². The predicted molar refractivity (Wildman–Crippen MR) is 160 cm³/mol. The number of methoxy groups -OCH3 is 1. The van der Waals surface area contributed by atoms with Crippen molar-refractivity contribution in [3.63, 3.8) is 0 Å². The molecule has 0 radical (unpaired) electrons. The molecule has 0 aromatic heterocycles. The van der Waals surface area contributed by atoms with Crippen LogP contribution in [-0.4, -0.2) is 75.8 Å². The zero-order valence-corrected chi connectivity index (χ0v) is 25.1. The molecule has 226 valence electrons. The lowest BCUT2D eigenvalue weighted by Gasteiger charge is -2.39. The van der Waals surface area contributed by atoms with Gasteiger partial charge < -0.3 is 24.4 Å². The third-order valence-corrected chi connectivity index (χ3v) is 8.76. The Labute approximate surface area is 248 Å². The Morgan fingerprint density at radius 3 is 2.43 bits per heavy atom. The average molecular weight is 578 g/mol. The summed E-state index contributed by atoms with van der Waals surface area (Å²) in [5, 5.41) is 2.85. The van der Waals surface area contributed by atoms with Crippen LogP contribution >= 0.6 is 0 Å². The molecule has 42 heavy (non-hydrogen) atoms. The smallest absolute Gasteiger partial charge is 0.338 e. The molecule has 2 amide bonds. The van der Waals surface area contributed by atoms with Gasteiger partial charge in [-0.15, -0.1) is 0 Å². The molecular weight excluding hydrogens is 534 g/mol. The minimum atomic E-state index is -0.310. The number of ether oxygens (including phenoxy) is 3. The number of amides is 2. The Morgan fingerprint density at radius 1 is 1.05 bits per heavy atom. The maximum absolute atomic E-state index is 13.1. The molecule has 0 atom stereocenters. The predicted octanol–water partition coefficient (Wildman–Crippen LogP) is 4.53. The van der Waals surface area contributed by atoms with E-state index in [4.69, 9.17) is 14.2 Å². The van der Waals surface area contributed by atoms with Gasteiger partial charge in [-0.25, -0.2) is 4.79 Å². The summed E-state index contributed by atoms with van der Waals surface area (Å²) in [5.41, 5.74) is 4.16. The summed E-state index contributed by atoms with van der Waals surface area (Å²) < 4.78 is 16.3. The van der Waals surface area contributed by atoms with Crippen molar-refractivity contribution in [2.75, 3.05) is 58.0 Å². The number of carbonyl (C=O) groups is 3. The lowest BCUT2D eigenvalue weighted by Crippen LogP contribution is -2.41. The van der Waals surface area contributed by atoms with Crippen molar-refractivity contribution in [2.24, 2.45) is 5.41 Å². The summed E-state index contributed by atoms with van der Waals surface area (Å²) in [6.45, 7) is 9.21. The fourth-order valence-electron chi connectivity index (χ4n) is 6.24. The number of nitrogens with one attached hydrogen (secondary N) is 1. The lowest BCUT2D eigenvalue weighted by atomic mass is 9.77. The highest BCUT2D eigenvalue weighted by Crippen LogP contribution is 2.45. The van der Waals surface area contributed by atoms with Crippen LogP contribution in [0.2, 0.25) is 0 Å². The Hall–Kier alpha value is -3.43. The summed E-state index contributed by atoms with van der Waals surface area (Å²) in [6.07, 6.45) is 4.62. The quantitative estimate of drug-likeness (QED) is 0.292. The Kier molecular flexibility index (Phi) is 9.48. The monoisotopic (exact) mass is 577 g/mol. The number of likely N-dealkylation sites (tertiary alicyclic amines) is 1. The molecule has 0 unspecified atom stereocenters. The van der Waals surface area contributed by atoms with E-state index in [1.807, 2.05) is 36.9 Å². The van der Waals surface area contributed by atoms with E-state index in [0.717, 1.165) is 67.9 Å². The van der Waals surface area contributed by atoms with Crippen molar-refractivity contribution >= 4 is 23.5 Å². The van der Waals surface area contributed by atoms with Crippen molar-refractivity contribution in [1.29, 1.82) is 0 Å². The van der Waals surface area contributed by atoms with Gasteiger partial charge in [0.25, 0.3) is 5.91 Å². The van der Waals surface area contributed by atoms with Gasteiger partial charge in [0.1, 0.15) is 5.75 Å². The van der Waals surface area contributed by atoms with E-state index in [0.29, 0.717) is 56.4 Å². The molecule has 1 N–H and O–H groups in total. The molecule has 9 nitrogen and oxygen atoms in total. The van der Waals surface area contributed by atoms with Crippen molar-refractivity contribution in [2.45, 2.75) is 58.4 Å². The largest absolute Gasteiger partial charge is 0.494 e. The number of esters is 1. The second-order valence-corrected chi connectivity index (χ2v) is 11.7. The summed E-state index contributed by atoms with van der Waals surface area (Å²) in [4.78, 5) is 42.3. The zero-order valence-electron chi connectivity index (χ0n) is 25.1. The molecule has 2 aromatic carbocycles. The molecule has 3 aliphatic rings. The first-order valence-corrected chi connectivity index (χ1v) is 15.2. The normalized spacial score (nSPS) is 18.4. The lowest BCUT2D eigenvalue weighted by molar-refractivity contribution is -0.118. The van der Waals surface area contributed by atoms with Gasteiger partial charge >= 0.3 is 5.97 Å². The van der Waals surface area contributed by atoms with E-state index in [-0.39, 0.29) is 23.2 Å². The molecule has 3 fully saturated rings. The number of anilines is 1. The number of piperidine rings is 1. The maximum atomic E-state index is 13.1. The van der Waals surface area contributed by atoms with Gasteiger partial charge in [0.05, 0.1) is 25.9 Å². The van der Waals surface area contributed by atoms with Gasteiger partial charge in [0, 0.05) is 49.5 Å². The van der Waals surface area contributed by atoms with Crippen LogP contribution in [0.3, 0.4) is 0 Å². The van der Waals surface area contributed by atoms with Gasteiger partial charge in [-0.2, -0.15) is 0 Å². The number of carbonyl (C=O) groups excluding carboxylic acids is 3. The Bertz CT molecular complexity index is 1280. The first kappa shape index (κ1) is 30.0. The van der Waals surface area contributed by atoms with E-state index in [9.17, 15) is 14.4 Å². The van der Waals surface area contributed by atoms with E-state index < -0.39 is 0 Å². The fourth-order valence-corrected chi connectivity index (χ4v) is 6.24. The average Bonchev–Trinajstić information content (AvgIpc) is 3.80. The van der Waals surface area contributed by atoms with Crippen LogP contribution in [0.5, 0.6) is 5.75 Å². The second-order valence-electron chi connectivity index (χ2n) is 11.7. The molecule has 2 aliphatic heterocycles. The van der Waals surface area contributed by atoms with Crippen LogP contribution in [0.4, 0.5) is 5.69 Å². The number of hydrogen-bond donors (Lipinski definition) is 1. The summed E-state index contributed by atoms with van der Waals surface area (Å²) >= 11 is 0. The molecule has 2 aromatic rings. The highest BCUT2D eigenvalue weighted by molar-refractivity contribution is 5.98. The molecule has 2 heterocycles. The molecule has 5 rings (SSSR count). The highest BCUT2D eigenvalue weighted by Gasteiger charge is 2.45. The van der Waals surface area contributed by atoms with Crippen molar-refractivity contribution < 1.29 is 28.6 Å². The summed E-state index contributed by atoms with van der Waals surface area (Å²) in [5.74, 6) is 0.849. The van der Waals surface area contributed by atoms with E-state index in [1.54, 1.807) is 12.1 Å². The minimum absolute atomic E-state index is 0.0421. The molecular formula is C33H43N3O6. The van der Waals surface area contributed by atoms with Gasteiger partial charge in [-0.1, -0.05) is 0 Å². The van der Waals surface area contributed by atoms with Gasteiger partial charge in [-0.3, -0.25) is 14.5 Å². The van der Waals surface area contributed by atoms with E-state index in [1.165, 1.54) is 7.11 Å². The van der Waals surface area contributed by atoms with Crippen LogP contribution < -0.4 is 15.0 Å². The third-order valence-electron chi connectivity index (χ3n) is 8.76. The Balaban J connectivity index is 1.20. The number of benzene rings is 2. The number of rotatable bonds is 12. The molecule has 9 heteroatoms. The molecule has 0 bridgehead atoms. The first-order chi connectivity index (χ1) is 20.4. The standard InChI is InChI=1S/C33H43N3O6/c1-4-41-17-14-34-31(38)24-8-10-26(11-9-24)36-22-33(20-30(36)37)12-15-35(16-13-33)21-25-18-27(23-6-7-23)28(32(39)40-3)19-29(25)42-5-2/h8-11,18-19,23H,4-7,12-17,20-22H2,1-3H3,(H,34,38). The number of hydrogen-bond acceptors (Lipinski definition) is 7. The van der Waals surface area contributed by atoms with Gasteiger partial charge in [0.15, 0.2) is 0 Å². The van der Waals surface area contributed by atoms with Gasteiger partial charge in [0.2, 0.25) is 5.91 Å². The number of nitrogens with zero attached hydrogens (tertiary/aromatic N) is 2.